The van der Waals surface area contributed by atoms with E-state index in [1.165, 1.54) is 18.7 Å². The second-order valence-electron chi connectivity index (χ2n) is 5.78. The second kappa shape index (κ2) is 10.1. The zero-order chi connectivity index (χ0) is 19.8. The lowest BCUT2D eigenvalue weighted by molar-refractivity contribution is -0.129. The molecule has 0 bridgehead atoms. The first-order valence-electron chi connectivity index (χ1n) is 8.41. The number of methoxy groups -OCH3 is 1. The molecule has 146 valence electrons. The molecule has 0 spiro atoms. The van der Waals surface area contributed by atoms with E-state index < -0.39 is 12.1 Å². The molecule has 0 aliphatic carbocycles. The Bertz CT molecular complexity index is 774. The molecule has 8 nitrogen and oxygen atoms in total. The van der Waals surface area contributed by atoms with Gasteiger partial charge in [-0.05, 0) is 32.9 Å². The summed E-state index contributed by atoms with van der Waals surface area (Å²) in [4.78, 5) is 28.7. The van der Waals surface area contributed by atoms with Gasteiger partial charge in [-0.25, -0.2) is 9.78 Å². The summed E-state index contributed by atoms with van der Waals surface area (Å²) in [6, 6.07) is 3.28. The van der Waals surface area contributed by atoms with Crippen LogP contribution in [0.2, 0.25) is 0 Å². The van der Waals surface area contributed by atoms with E-state index >= 15 is 0 Å². The number of rotatable bonds is 9. The van der Waals surface area contributed by atoms with Crippen LogP contribution < -0.4 is 5.32 Å². The van der Waals surface area contributed by atoms with E-state index in [4.69, 9.17) is 14.0 Å². The molecule has 0 fully saturated rings. The van der Waals surface area contributed by atoms with Gasteiger partial charge in [-0.1, -0.05) is 5.16 Å². The Balaban J connectivity index is 2.01. The summed E-state index contributed by atoms with van der Waals surface area (Å²) in [5.41, 5.74) is 2.09. The van der Waals surface area contributed by atoms with Crippen molar-refractivity contribution >= 4 is 23.6 Å². The van der Waals surface area contributed by atoms with Crippen LogP contribution in [-0.2, 0) is 20.0 Å². The molecular weight excluding hydrogens is 370 g/mol. The van der Waals surface area contributed by atoms with Crippen molar-refractivity contribution in [2.75, 3.05) is 20.3 Å². The van der Waals surface area contributed by atoms with Crippen molar-refractivity contribution in [3.63, 3.8) is 0 Å². The van der Waals surface area contributed by atoms with Crippen LogP contribution in [-0.4, -0.2) is 48.4 Å². The molecule has 0 radical (unpaired) electrons. The Hall–Kier alpha value is -2.39. The number of ether oxygens (including phenoxy) is 2. The molecule has 1 atom stereocenters. The number of amides is 1. The molecule has 1 amide bonds. The normalized spacial score (nSPS) is 11.9. The number of carbonyl (C=O) groups is 2. The van der Waals surface area contributed by atoms with Gasteiger partial charge in [-0.2, -0.15) is 0 Å². The molecule has 2 rings (SSSR count). The van der Waals surface area contributed by atoms with E-state index in [2.05, 4.69) is 15.5 Å². The van der Waals surface area contributed by atoms with Gasteiger partial charge in [-0.3, -0.25) is 4.79 Å². The van der Waals surface area contributed by atoms with E-state index in [0.29, 0.717) is 29.5 Å². The quantitative estimate of drug-likeness (QED) is 0.393. The lowest BCUT2D eigenvalue weighted by Gasteiger charge is -2.14. The number of thioether (sulfide) groups is 1. The predicted octanol–water partition coefficient (Wildman–Crippen LogP) is 2.29. The van der Waals surface area contributed by atoms with Crippen molar-refractivity contribution in [3.8, 4) is 0 Å². The number of aryl methyl sites for hydroxylation is 2. The molecule has 0 saturated heterocycles. The Labute approximate surface area is 162 Å². The van der Waals surface area contributed by atoms with Gasteiger partial charge in [0.15, 0.2) is 6.10 Å². The zero-order valence-corrected chi connectivity index (χ0v) is 16.6. The highest BCUT2D eigenvalue weighted by molar-refractivity contribution is 7.98. The maximum absolute atomic E-state index is 12.5. The first-order chi connectivity index (χ1) is 12.9. The summed E-state index contributed by atoms with van der Waals surface area (Å²) in [6.45, 7) is 5.96. The Morgan fingerprint density at radius 3 is 2.81 bits per heavy atom. The van der Waals surface area contributed by atoms with Crippen LogP contribution in [0.25, 0.3) is 0 Å². The molecule has 9 heteroatoms. The van der Waals surface area contributed by atoms with E-state index in [1.807, 2.05) is 13.8 Å². The minimum Gasteiger partial charge on any atom is -0.449 e. The van der Waals surface area contributed by atoms with Crippen molar-refractivity contribution < 1.29 is 23.6 Å². The molecule has 0 aliphatic heterocycles. The smallest absolute Gasteiger partial charge is 0.341 e. The maximum atomic E-state index is 12.5. The van der Waals surface area contributed by atoms with Crippen LogP contribution in [0, 0.1) is 13.8 Å². The monoisotopic (exact) mass is 393 g/mol. The molecule has 27 heavy (non-hydrogen) atoms. The van der Waals surface area contributed by atoms with Crippen LogP contribution in [0.3, 0.4) is 0 Å². The van der Waals surface area contributed by atoms with Crippen LogP contribution in [0.1, 0.15) is 34.3 Å². The second-order valence-corrected chi connectivity index (χ2v) is 6.74. The van der Waals surface area contributed by atoms with Crippen LogP contribution in [0.5, 0.6) is 0 Å². The van der Waals surface area contributed by atoms with E-state index in [9.17, 15) is 9.59 Å². The highest BCUT2D eigenvalue weighted by Gasteiger charge is 2.21. The van der Waals surface area contributed by atoms with Crippen LogP contribution in [0.4, 0.5) is 0 Å². The lowest BCUT2D eigenvalue weighted by atomic mass is 10.2. The van der Waals surface area contributed by atoms with Gasteiger partial charge in [0, 0.05) is 31.2 Å². The van der Waals surface area contributed by atoms with Crippen LogP contribution in [0.15, 0.2) is 27.9 Å². The SMILES string of the molecule is COCCNC(=O)[C@@H](C)OC(=O)c1cccnc1SCc1c(C)noc1C. The van der Waals surface area contributed by atoms with Crippen LogP contribution >= 0.6 is 11.8 Å². The van der Waals surface area contributed by atoms with Crippen molar-refractivity contribution in [3.05, 3.63) is 40.9 Å². The number of nitrogens with one attached hydrogen (secondary N) is 1. The predicted molar refractivity (Wildman–Crippen MR) is 99.5 cm³/mol. The van der Waals surface area contributed by atoms with Gasteiger partial charge in [0.2, 0.25) is 0 Å². The van der Waals surface area contributed by atoms with Gasteiger partial charge in [0.25, 0.3) is 5.91 Å². The molecule has 0 unspecified atom stereocenters. The summed E-state index contributed by atoms with van der Waals surface area (Å²) < 4.78 is 15.3. The summed E-state index contributed by atoms with van der Waals surface area (Å²) in [6.07, 6.45) is 0.683. The molecule has 0 aromatic carbocycles. The fraction of sp³-hybridized carbons (Fsp3) is 0.444. The van der Waals surface area contributed by atoms with Gasteiger partial charge < -0.3 is 19.3 Å². The number of esters is 1. The van der Waals surface area contributed by atoms with Gasteiger partial charge in [0.1, 0.15) is 10.8 Å². The average Bonchev–Trinajstić information content (AvgIpc) is 2.98. The Morgan fingerprint density at radius 1 is 1.37 bits per heavy atom. The number of hydrogen-bond donors (Lipinski definition) is 1. The molecule has 2 aromatic heterocycles. The van der Waals surface area contributed by atoms with Gasteiger partial charge >= 0.3 is 5.97 Å². The number of hydrogen-bond acceptors (Lipinski definition) is 8. The molecule has 0 aliphatic rings. The standard InChI is InChI=1S/C18H23N3O5S/c1-11-15(12(2)26-21-11)10-27-17-14(6-5-7-20-17)18(23)25-13(3)16(22)19-8-9-24-4/h5-7,13H,8-10H2,1-4H3,(H,19,22)/t13-/m1/s1. The van der Waals surface area contributed by atoms with E-state index in [0.717, 1.165) is 17.0 Å². The molecule has 2 aromatic rings. The fourth-order valence-electron chi connectivity index (χ4n) is 2.21. The van der Waals surface area contributed by atoms with E-state index in [1.54, 1.807) is 25.4 Å². The minimum absolute atomic E-state index is 0.311. The van der Waals surface area contributed by atoms with Gasteiger partial charge in [0.05, 0.1) is 17.9 Å². The lowest BCUT2D eigenvalue weighted by Crippen LogP contribution is -2.37. The third-order valence-corrected chi connectivity index (χ3v) is 4.82. The van der Waals surface area contributed by atoms with Crippen molar-refractivity contribution in [1.82, 2.24) is 15.5 Å². The highest BCUT2D eigenvalue weighted by Crippen LogP contribution is 2.27. The third kappa shape index (κ3) is 5.80. The molecule has 1 N–H and O–H groups in total. The minimum atomic E-state index is -0.921. The van der Waals surface area contributed by atoms with E-state index in [-0.39, 0.29) is 5.91 Å². The molecule has 0 saturated carbocycles. The fourth-order valence-corrected chi connectivity index (χ4v) is 3.34. The summed E-state index contributed by atoms with van der Waals surface area (Å²) in [5.74, 6) is 0.320. The number of carbonyl (C=O) groups excluding carboxylic acids is 2. The summed E-state index contributed by atoms with van der Waals surface area (Å²) in [7, 11) is 1.54. The third-order valence-electron chi connectivity index (χ3n) is 3.78. The first-order valence-corrected chi connectivity index (χ1v) is 9.39. The number of aromatic nitrogens is 2. The summed E-state index contributed by atoms with van der Waals surface area (Å²) in [5, 5.41) is 7.08. The Kier molecular flexibility index (Phi) is 7.81. The first kappa shape index (κ1) is 20.9. The molecule has 2 heterocycles. The van der Waals surface area contributed by atoms with Crippen molar-refractivity contribution in [2.45, 2.75) is 37.7 Å². The summed E-state index contributed by atoms with van der Waals surface area (Å²) >= 11 is 1.38. The largest absolute Gasteiger partial charge is 0.449 e. The van der Waals surface area contributed by atoms with Crippen molar-refractivity contribution in [1.29, 1.82) is 0 Å². The van der Waals surface area contributed by atoms with Gasteiger partial charge in [-0.15, -0.1) is 11.8 Å². The van der Waals surface area contributed by atoms with Crippen molar-refractivity contribution in [2.24, 2.45) is 0 Å². The number of pyridine rings is 1. The average molecular weight is 393 g/mol. The Morgan fingerprint density at radius 2 is 2.15 bits per heavy atom. The maximum Gasteiger partial charge on any atom is 0.341 e. The molecular formula is C18H23N3O5S. The highest BCUT2D eigenvalue weighted by atomic mass is 32.2. The zero-order valence-electron chi connectivity index (χ0n) is 15.8. The number of nitrogens with zero attached hydrogens (tertiary/aromatic N) is 2. The topological polar surface area (TPSA) is 104 Å².